The second-order valence-electron chi connectivity index (χ2n) is 5.85. The van der Waals surface area contributed by atoms with Crippen LogP contribution in [0.25, 0.3) is 0 Å². The minimum atomic E-state index is -0.607. The van der Waals surface area contributed by atoms with Crippen LogP contribution in [0.15, 0.2) is 18.2 Å². The minimum Gasteiger partial charge on any atom is -0.468 e. The van der Waals surface area contributed by atoms with Crippen molar-refractivity contribution in [2.75, 3.05) is 19.0 Å². The van der Waals surface area contributed by atoms with E-state index in [-0.39, 0.29) is 12.5 Å². The van der Waals surface area contributed by atoms with Crippen molar-refractivity contribution < 1.29 is 14.3 Å². The van der Waals surface area contributed by atoms with Crippen molar-refractivity contribution in [1.82, 2.24) is 5.32 Å². The van der Waals surface area contributed by atoms with Crippen molar-refractivity contribution in [2.24, 2.45) is 5.41 Å². The number of hydrogen-bond donors (Lipinski definition) is 2. The summed E-state index contributed by atoms with van der Waals surface area (Å²) in [6.07, 6.45) is 0. The van der Waals surface area contributed by atoms with Gasteiger partial charge in [-0.2, -0.15) is 0 Å². The van der Waals surface area contributed by atoms with Gasteiger partial charge in [0, 0.05) is 0 Å². The number of nitrogens with one attached hydrogen (secondary N) is 2. The van der Waals surface area contributed by atoms with Gasteiger partial charge in [-0.25, -0.2) is 0 Å². The molecular formula is C15H20Cl2N2O3. The van der Waals surface area contributed by atoms with Gasteiger partial charge in [0.15, 0.2) is 0 Å². The minimum absolute atomic E-state index is 0.0708. The molecule has 122 valence electrons. The zero-order chi connectivity index (χ0) is 16.9. The Morgan fingerprint density at radius 2 is 1.77 bits per heavy atom. The maximum atomic E-state index is 12.0. The molecule has 22 heavy (non-hydrogen) atoms. The lowest BCUT2D eigenvalue weighted by molar-refractivity contribution is -0.146. The third-order valence-electron chi connectivity index (χ3n) is 3.00. The van der Waals surface area contributed by atoms with Gasteiger partial charge in [0.2, 0.25) is 5.91 Å². The Kier molecular flexibility index (Phi) is 6.66. The van der Waals surface area contributed by atoms with E-state index < -0.39 is 17.4 Å². The van der Waals surface area contributed by atoms with Crippen molar-refractivity contribution in [1.29, 1.82) is 0 Å². The van der Waals surface area contributed by atoms with Gasteiger partial charge in [0.1, 0.15) is 6.04 Å². The molecule has 1 amide bonds. The first kappa shape index (κ1) is 18.7. The highest BCUT2D eigenvalue weighted by atomic mass is 35.5. The standard InChI is InChI=1S/C15H20Cl2N2O3/c1-15(2,3)13(14(21)22-4)18-8-11(20)19-12-9(16)6-5-7-10(12)17/h5-7,13,18H,8H2,1-4H3,(H,19,20)/t13-/m1/s1. The van der Waals surface area contributed by atoms with Crippen molar-refractivity contribution in [3.63, 3.8) is 0 Å². The molecule has 0 aliphatic heterocycles. The fourth-order valence-electron chi connectivity index (χ4n) is 1.86. The zero-order valence-electron chi connectivity index (χ0n) is 13.0. The van der Waals surface area contributed by atoms with Crippen molar-refractivity contribution in [2.45, 2.75) is 26.8 Å². The maximum absolute atomic E-state index is 12.0. The van der Waals surface area contributed by atoms with Crippen LogP contribution >= 0.6 is 23.2 Å². The molecule has 7 heteroatoms. The number of anilines is 1. The number of halogens is 2. The number of hydrogen-bond acceptors (Lipinski definition) is 4. The van der Waals surface area contributed by atoms with Crippen LogP contribution in [0.5, 0.6) is 0 Å². The summed E-state index contributed by atoms with van der Waals surface area (Å²) in [5, 5.41) is 6.22. The molecule has 0 fully saturated rings. The van der Waals surface area contributed by atoms with Gasteiger partial charge in [0.05, 0.1) is 29.4 Å². The Hall–Kier alpha value is -1.30. The number of carbonyl (C=O) groups excluding carboxylic acids is 2. The first-order valence-corrected chi connectivity index (χ1v) is 7.47. The van der Waals surface area contributed by atoms with Crippen LogP contribution in [0, 0.1) is 5.41 Å². The summed E-state index contributed by atoms with van der Waals surface area (Å²) >= 11 is 12.0. The first-order chi connectivity index (χ1) is 10.2. The van der Waals surface area contributed by atoms with Gasteiger partial charge in [-0.3, -0.25) is 14.9 Å². The summed E-state index contributed by atoms with van der Waals surface area (Å²) in [4.78, 5) is 23.8. The largest absolute Gasteiger partial charge is 0.468 e. The van der Waals surface area contributed by atoms with Crippen molar-refractivity contribution in [3.05, 3.63) is 28.2 Å². The van der Waals surface area contributed by atoms with Gasteiger partial charge in [-0.15, -0.1) is 0 Å². The lowest BCUT2D eigenvalue weighted by Crippen LogP contribution is -2.49. The lowest BCUT2D eigenvalue weighted by atomic mass is 9.87. The monoisotopic (exact) mass is 346 g/mol. The van der Waals surface area contributed by atoms with E-state index in [2.05, 4.69) is 10.6 Å². The zero-order valence-corrected chi connectivity index (χ0v) is 14.5. The van der Waals surface area contributed by atoms with E-state index in [0.717, 1.165) is 0 Å². The Labute approximate surface area is 140 Å². The van der Waals surface area contributed by atoms with Crippen LogP contribution in [0.1, 0.15) is 20.8 Å². The molecule has 2 N–H and O–H groups in total. The average molecular weight is 347 g/mol. The second kappa shape index (κ2) is 7.81. The van der Waals surface area contributed by atoms with Crippen LogP contribution in [-0.2, 0) is 14.3 Å². The fraction of sp³-hybridized carbons (Fsp3) is 0.467. The highest BCUT2D eigenvalue weighted by molar-refractivity contribution is 6.39. The third-order valence-corrected chi connectivity index (χ3v) is 3.63. The summed E-state index contributed by atoms with van der Waals surface area (Å²) in [5.41, 5.74) is -0.0434. The van der Waals surface area contributed by atoms with Gasteiger partial charge < -0.3 is 10.1 Å². The molecule has 1 rings (SSSR count). The molecule has 0 aromatic heterocycles. The number of rotatable bonds is 5. The molecular weight excluding hydrogens is 327 g/mol. The highest BCUT2D eigenvalue weighted by Gasteiger charge is 2.32. The topological polar surface area (TPSA) is 67.4 Å². The number of esters is 1. The second-order valence-corrected chi connectivity index (χ2v) is 6.66. The van der Waals surface area contributed by atoms with E-state index in [1.54, 1.807) is 18.2 Å². The fourth-order valence-corrected chi connectivity index (χ4v) is 2.35. The number of methoxy groups -OCH3 is 1. The average Bonchev–Trinajstić information content (AvgIpc) is 2.41. The van der Waals surface area contributed by atoms with Gasteiger partial charge >= 0.3 is 5.97 Å². The molecule has 1 atom stereocenters. The number of ether oxygens (including phenoxy) is 1. The third kappa shape index (κ3) is 5.16. The van der Waals surface area contributed by atoms with E-state index in [1.807, 2.05) is 20.8 Å². The Morgan fingerprint density at radius 3 is 2.23 bits per heavy atom. The summed E-state index contributed by atoms with van der Waals surface area (Å²) in [6.45, 7) is 5.57. The lowest BCUT2D eigenvalue weighted by Gasteiger charge is -2.29. The molecule has 0 aliphatic rings. The molecule has 1 aromatic carbocycles. The van der Waals surface area contributed by atoms with Crippen molar-refractivity contribution >= 4 is 40.8 Å². The molecule has 5 nitrogen and oxygen atoms in total. The van der Waals surface area contributed by atoms with Crippen molar-refractivity contribution in [3.8, 4) is 0 Å². The molecule has 0 unspecified atom stereocenters. The van der Waals surface area contributed by atoms with E-state index in [9.17, 15) is 9.59 Å². The molecule has 0 radical (unpaired) electrons. The summed E-state index contributed by atoms with van der Waals surface area (Å²) < 4.78 is 4.75. The molecule has 0 spiro atoms. The molecule has 0 saturated heterocycles. The van der Waals surface area contributed by atoms with Gasteiger partial charge in [-0.1, -0.05) is 50.0 Å². The number of para-hydroxylation sites is 1. The van der Waals surface area contributed by atoms with E-state index in [0.29, 0.717) is 15.7 Å². The molecule has 0 heterocycles. The van der Waals surface area contributed by atoms with E-state index >= 15 is 0 Å². The Bertz CT molecular complexity index is 536. The predicted molar refractivity (Wildman–Crippen MR) is 88.4 cm³/mol. The van der Waals surface area contributed by atoms with E-state index in [4.69, 9.17) is 27.9 Å². The van der Waals surface area contributed by atoms with Gasteiger partial charge in [-0.05, 0) is 17.5 Å². The summed E-state index contributed by atoms with van der Waals surface area (Å²) in [7, 11) is 1.31. The van der Waals surface area contributed by atoms with Crippen LogP contribution in [0.2, 0.25) is 10.0 Å². The Morgan fingerprint density at radius 1 is 1.23 bits per heavy atom. The van der Waals surface area contributed by atoms with Crippen LogP contribution in [-0.4, -0.2) is 31.6 Å². The van der Waals surface area contributed by atoms with Crippen LogP contribution in [0.3, 0.4) is 0 Å². The highest BCUT2D eigenvalue weighted by Crippen LogP contribution is 2.29. The smallest absolute Gasteiger partial charge is 0.323 e. The SMILES string of the molecule is COC(=O)[C@@H](NCC(=O)Nc1c(Cl)cccc1Cl)C(C)(C)C. The molecule has 0 bridgehead atoms. The predicted octanol–water partition coefficient (Wildman–Crippen LogP) is 3.11. The van der Waals surface area contributed by atoms with Crippen LogP contribution in [0.4, 0.5) is 5.69 Å². The Balaban J connectivity index is 2.71. The first-order valence-electron chi connectivity index (χ1n) is 6.72. The van der Waals surface area contributed by atoms with Gasteiger partial charge in [0.25, 0.3) is 0 Å². The molecule has 0 aliphatic carbocycles. The maximum Gasteiger partial charge on any atom is 0.323 e. The van der Waals surface area contributed by atoms with Crippen LogP contribution < -0.4 is 10.6 Å². The summed E-state index contributed by atoms with van der Waals surface area (Å²) in [6, 6.07) is 4.34. The van der Waals surface area contributed by atoms with E-state index in [1.165, 1.54) is 7.11 Å². The number of benzene rings is 1. The normalized spacial score (nSPS) is 12.6. The molecule has 0 saturated carbocycles. The molecule has 1 aromatic rings. The number of carbonyl (C=O) groups is 2. The quantitative estimate of drug-likeness (QED) is 0.803. The number of amides is 1. The summed E-state index contributed by atoms with van der Waals surface area (Å²) in [5.74, 6) is -0.774.